The Morgan fingerprint density at radius 3 is 2.03 bits per heavy atom. The van der Waals surface area contributed by atoms with Gasteiger partial charge in [-0.25, -0.2) is 22.0 Å². The molecule has 0 bridgehead atoms. The molecule has 0 amide bonds. The van der Waals surface area contributed by atoms with Gasteiger partial charge in [0, 0.05) is 16.7 Å². The number of ether oxygens (including phenoxy) is 1. The van der Waals surface area contributed by atoms with Gasteiger partial charge in [0.1, 0.15) is 0 Å². The van der Waals surface area contributed by atoms with Crippen molar-refractivity contribution in [3.8, 4) is 16.9 Å². The molecule has 1 nitrogen and oxygen atoms in total. The molecule has 35 heavy (non-hydrogen) atoms. The van der Waals surface area contributed by atoms with Crippen LogP contribution in [0.3, 0.4) is 0 Å². The molecular weight excluding hydrogens is 466 g/mol. The molecule has 0 aromatic heterocycles. The summed E-state index contributed by atoms with van der Waals surface area (Å²) in [5.41, 5.74) is 0.542. The summed E-state index contributed by atoms with van der Waals surface area (Å²) >= 11 is 0. The summed E-state index contributed by atoms with van der Waals surface area (Å²) in [6.07, 6.45) is 3.66. The van der Waals surface area contributed by atoms with Crippen LogP contribution in [-0.4, -0.2) is 6.61 Å². The van der Waals surface area contributed by atoms with Gasteiger partial charge in [-0.15, -0.1) is 0 Å². The summed E-state index contributed by atoms with van der Waals surface area (Å²) in [5, 5.41) is 0. The lowest BCUT2D eigenvalue weighted by Gasteiger charge is -2.23. The number of allylic oxidation sites excluding steroid dienone is 2. The number of aryl methyl sites for hydroxylation is 2. The van der Waals surface area contributed by atoms with Crippen molar-refractivity contribution in [3.05, 3.63) is 94.1 Å². The Balaban J connectivity index is 1.46. The Hall–Kier alpha value is -3.22. The second kappa shape index (κ2) is 10.2. The Labute approximate surface area is 200 Å². The van der Waals surface area contributed by atoms with E-state index in [1.165, 1.54) is 31.2 Å². The summed E-state index contributed by atoms with van der Waals surface area (Å²) in [5.74, 6) is -7.03. The van der Waals surface area contributed by atoms with Crippen LogP contribution in [0, 0.1) is 47.7 Å². The van der Waals surface area contributed by atoms with Crippen LogP contribution in [0.15, 0.2) is 42.5 Å². The van der Waals surface area contributed by atoms with Crippen LogP contribution in [0.1, 0.15) is 42.9 Å². The molecular formula is C28H24F6O. The molecule has 3 aromatic rings. The van der Waals surface area contributed by atoms with E-state index < -0.39 is 40.5 Å². The van der Waals surface area contributed by atoms with E-state index in [0.29, 0.717) is 24.8 Å². The molecule has 1 aliphatic carbocycles. The number of hydrogen-bond donors (Lipinski definition) is 0. The van der Waals surface area contributed by atoms with Gasteiger partial charge in [-0.2, -0.15) is 4.39 Å². The zero-order valence-corrected chi connectivity index (χ0v) is 19.3. The Kier molecular flexibility index (Phi) is 7.24. The monoisotopic (exact) mass is 490 g/mol. The quantitative estimate of drug-likeness (QED) is 0.316. The van der Waals surface area contributed by atoms with Crippen LogP contribution in [-0.2, 0) is 6.42 Å². The first-order chi connectivity index (χ1) is 16.7. The van der Waals surface area contributed by atoms with Crippen LogP contribution < -0.4 is 4.74 Å². The second-order valence-electron chi connectivity index (χ2n) is 8.73. The molecule has 4 rings (SSSR count). The summed E-state index contributed by atoms with van der Waals surface area (Å²) in [4.78, 5) is 0. The lowest BCUT2D eigenvalue weighted by Crippen LogP contribution is -2.16. The molecule has 1 atom stereocenters. The molecule has 184 valence electrons. The van der Waals surface area contributed by atoms with Crippen molar-refractivity contribution in [3.63, 3.8) is 0 Å². The third-order valence-electron chi connectivity index (χ3n) is 6.50. The van der Waals surface area contributed by atoms with Gasteiger partial charge in [-0.3, -0.25) is 0 Å². The summed E-state index contributed by atoms with van der Waals surface area (Å²) in [6.45, 7) is 3.24. The fourth-order valence-electron chi connectivity index (χ4n) is 4.31. The van der Waals surface area contributed by atoms with E-state index in [4.69, 9.17) is 4.74 Å². The van der Waals surface area contributed by atoms with Gasteiger partial charge in [0.05, 0.1) is 6.61 Å². The Morgan fingerprint density at radius 2 is 1.37 bits per heavy atom. The van der Waals surface area contributed by atoms with Crippen molar-refractivity contribution >= 4 is 5.57 Å². The van der Waals surface area contributed by atoms with E-state index in [9.17, 15) is 26.3 Å². The van der Waals surface area contributed by atoms with Crippen LogP contribution in [0.4, 0.5) is 26.3 Å². The third-order valence-corrected chi connectivity index (χ3v) is 6.50. The smallest absolute Gasteiger partial charge is 0.201 e. The van der Waals surface area contributed by atoms with Gasteiger partial charge in [0.15, 0.2) is 34.8 Å². The van der Waals surface area contributed by atoms with E-state index in [-0.39, 0.29) is 46.9 Å². The number of rotatable bonds is 6. The maximum atomic E-state index is 14.7. The SMILES string of the molecule is CCc1ccc(-c2ccc(OCC3CC=C(c4ccc(C)c(F)c4F)CC3)c(F)c2F)c(F)c1F. The van der Waals surface area contributed by atoms with Crippen molar-refractivity contribution < 1.29 is 31.1 Å². The van der Waals surface area contributed by atoms with Gasteiger partial charge in [-0.05, 0) is 67.4 Å². The number of benzene rings is 3. The van der Waals surface area contributed by atoms with Crippen LogP contribution in [0.2, 0.25) is 0 Å². The van der Waals surface area contributed by atoms with Crippen molar-refractivity contribution in [2.24, 2.45) is 5.92 Å². The van der Waals surface area contributed by atoms with Gasteiger partial charge < -0.3 is 4.74 Å². The Bertz CT molecular complexity index is 1300. The van der Waals surface area contributed by atoms with Gasteiger partial charge >= 0.3 is 0 Å². The summed E-state index contributed by atoms with van der Waals surface area (Å²) in [6, 6.07) is 8.00. The average molecular weight is 490 g/mol. The maximum absolute atomic E-state index is 14.7. The number of hydrogen-bond acceptors (Lipinski definition) is 1. The maximum Gasteiger partial charge on any atom is 0.201 e. The van der Waals surface area contributed by atoms with Gasteiger partial charge in [-0.1, -0.05) is 37.3 Å². The highest BCUT2D eigenvalue weighted by atomic mass is 19.2. The first kappa shape index (κ1) is 24.9. The first-order valence-electron chi connectivity index (χ1n) is 11.4. The molecule has 7 heteroatoms. The predicted octanol–water partition coefficient (Wildman–Crippen LogP) is 8.32. The van der Waals surface area contributed by atoms with E-state index in [1.807, 2.05) is 6.08 Å². The molecule has 0 heterocycles. The highest BCUT2D eigenvalue weighted by molar-refractivity contribution is 5.68. The molecule has 0 fully saturated rings. The summed E-state index contributed by atoms with van der Waals surface area (Å²) < 4.78 is 91.6. The third kappa shape index (κ3) is 4.81. The predicted molar refractivity (Wildman–Crippen MR) is 123 cm³/mol. The first-order valence-corrected chi connectivity index (χ1v) is 11.4. The minimum atomic E-state index is -1.33. The van der Waals surface area contributed by atoms with E-state index in [0.717, 1.165) is 6.07 Å². The van der Waals surface area contributed by atoms with E-state index in [1.54, 1.807) is 13.0 Å². The van der Waals surface area contributed by atoms with Crippen LogP contribution >= 0.6 is 0 Å². The largest absolute Gasteiger partial charge is 0.490 e. The molecule has 0 radical (unpaired) electrons. The molecule has 0 saturated carbocycles. The average Bonchev–Trinajstić information content (AvgIpc) is 2.86. The van der Waals surface area contributed by atoms with Crippen LogP contribution in [0.5, 0.6) is 5.75 Å². The lowest BCUT2D eigenvalue weighted by molar-refractivity contribution is 0.228. The van der Waals surface area contributed by atoms with Crippen molar-refractivity contribution in [1.82, 2.24) is 0 Å². The van der Waals surface area contributed by atoms with Gasteiger partial charge in [0.2, 0.25) is 5.82 Å². The highest BCUT2D eigenvalue weighted by Gasteiger charge is 2.23. The molecule has 0 spiro atoms. The van der Waals surface area contributed by atoms with Crippen molar-refractivity contribution in [2.45, 2.75) is 39.5 Å². The Morgan fingerprint density at radius 1 is 0.743 bits per heavy atom. The topological polar surface area (TPSA) is 9.23 Å². The fourth-order valence-corrected chi connectivity index (χ4v) is 4.31. The zero-order chi connectivity index (χ0) is 25.3. The normalized spacial score (nSPS) is 15.8. The minimum Gasteiger partial charge on any atom is -0.490 e. The molecule has 3 aromatic carbocycles. The minimum absolute atomic E-state index is 0.0348. The van der Waals surface area contributed by atoms with Crippen LogP contribution in [0.25, 0.3) is 16.7 Å². The van der Waals surface area contributed by atoms with E-state index >= 15 is 0 Å². The van der Waals surface area contributed by atoms with E-state index in [2.05, 4.69) is 0 Å². The molecule has 1 aliphatic rings. The van der Waals surface area contributed by atoms with Crippen molar-refractivity contribution in [2.75, 3.05) is 6.61 Å². The lowest BCUT2D eigenvalue weighted by atomic mass is 9.86. The van der Waals surface area contributed by atoms with Crippen molar-refractivity contribution in [1.29, 1.82) is 0 Å². The number of halogens is 6. The standard InChI is InChI=1S/C28H24F6O/c1-3-17-9-11-20(26(32)24(17)30)21-12-13-22(28(34)27(21)33)35-14-16-5-7-18(8-6-16)19-10-4-15(2)23(29)25(19)31/h4,7,9-13,16H,3,5-6,8,14H2,1-2H3. The second-order valence-corrected chi connectivity index (χ2v) is 8.73. The fraction of sp³-hybridized carbons (Fsp3) is 0.286. The zero-order valence-electron chi connectivity index (χ0n) is 19.3. The molecule has 0 aliphatic heterocycles. The molecule has 0 saturated heterocycles. The van der Waals surface area contributed by atoms with Gasteiger partial charge in [0.25, 0.3) is 0 Å². The summed E-state index contributed by atoms with van der Waals surface area (Å²) in [7, 11) is 0. The highest BCUT2D eigenvalue weighted by Crippen LogP contribution is 2.35. The molecule has 1 unspecified atom stereocenters. The molecule has 0 N–H and O–H groups in total.